The van der Waals surface area contributed by atoms with Gasteiger partial charge in [-0.3, -0.25) is 9.63 Å². The van der Waals surface area contributed by atoms with E-state index in [1.807, 2.05) is 6.92 Å². The fourth-order valence-corrected chi connectivity index (χ4v) is 26.2. The highest BCUT2D eigenvalue weighted by Gasteiger charge is 2.78. The number of benzene rings is 18. The van der Waals surface area contributed by atoms with Crippen molar-refractivity contribution < 1.29 is 18.9 Å². The Morgan fingerprint density at radius 3 is 0.800 bits per heavy atom. The van der Waals surface area contributed by atoms with Gasteiger partial charge in [-0.15, -0.1) is 0 Å². The van der Waals surface area contributed by atoms with Gasteiger partial charge < -0.3 is 9.26 Å². The zero-order valence-corrected chi connectivity index (χ0v) is 40.8. The lowest BCUT2D eigenvalue weighted by Crippen LogP contribution is -2.54. The lowest BCUT2D eigenvalue weighted by atomic mass is 9.52. The molecule has 28 aromatic rings. The van der Waals surface area contributed by atoms with E-state index in [-0.39, 0.29) is 12.0 Å². The van der Waals surface area contributed by atoms with Crippen LogP contribution < -0.4 is 0 Å². The summed E-state index contributed by atoms with van der Waals surface area (Å²) in [5.74, 6) is -0.129. The first kappa shape index (κ1) is 30.4. The number of carbonyl (C=O) groups is 1. The molecule has 6 heteroatoms. The van der Waals surface area contributed by atoms with E-state index < -0.39 is 19.3 Å². The van der Waals surface area contributed by atoms with Gasteiger partial charge in [-0.25, -0.2) is 0 Å². The number of nitrogens with zero attached hydrogens (tertiary/aromatic N) is 1. The van der Waals surface area contributed by atoms with Crippen molar-refractivity contribution in [1.82, 2.24) is 5.23 Å². The Bertz CT molecular complexity index is 7180. The molecule has 0 aromatic heterocycles. The summed E-state index contributed by atoms with van der Waals surface area (Å²) in [5.41, 5.74) is 4.28. The Labute approximate surface area is 412 Å². The first-order valence-electron chi connectivity index (χ1n) is 28.0. The van der Waals surface area contributed by atoms with Crippen molar-refractivity contribution in [1.29, 1.82) is 0 Å². The number of hydroxylamine groups is 2. The number of hydrogen-bond acceptors (Lipinski definition) is 5. The number of ether oxygens (including phenoxy) is 1. The van der Waals surface area contributed by atoms with Crippen molar-refractivity contribution in [3.63, 3.8) is 0 Å². The predicted molar refractivity (Wildman–Crippen MR) is 311 cm³/mol. The molecule has 1 atom stereocenters. The number of hydrogen-bond donors (Lipinski definition) is 0. The largest absolute Gasteiger partial charge is 0.466 e. The van der Waals surface area contributed by atoms with Crippen LogP contribution in [-0.4, -0.2) is 32.2 Å². The minimum absolute atomic E-state index is 0.129. The Morgan fingerprint density at radius 1 is 0.373 bits per heavy atom. The van der Waals surface area contributed by atoms with Crippen LogP contribution in [0, 0.1) is 0 Å². The summed E-state index contributed by atoms with van der Waals surface area (Å²) >= 11 is 0. The van der Waals surface area contributed by atoms with Crippen LogP contribution >= 0.6 is 0 Å². The molecule has 2 spiro atoms. The molecule has 0 bridgehead atoms. The van der Waals surface area contributed by atoms with Gasteiger partial charge in [0, 0.05) is 17.5 Å². The van der Waals surface area contributed by atoms with E-state index in [2.05, 4.69) is 24.9 Å². The van der Waals surface area contributed by atoms with Crippen LogP contribution in [0.5, 0.6) is 0 Å². The van der Waals surface area contributed by atoms with E-state index in [4.69, 9.17) is 14.1 Å². The van der Waals surface area contributed by atoms with Crippen LogP contribution in [0.15, 0.2) is 0 Å². The van der Waals surface area contributed by atoms with E-state index in [0.29, 0.717) is 19.4 Å². The molecule has 1 heterocycles. The Morgan fingerprint density at radius 2 is 0.587 bits per heavy atom. The van der Waals surface area contributed by atoms with Gasteiger partial charge in [0.25, 0.3) is 0 Å². The van der Waals surface area contributed by atoms with Crippen LogP contribution in [-0.2, 0) is 29.9 Å². The summed E-state index contributed by atoms with van der Waals surface area (Å²) in [5, 5.41) is 86.8. The van der Waals surface area contributed by atoms with E-state index in [0.717, 1.165) is 0 Å². The average Bonchev–Trinajstić information content (AvgIpc) is 2.68. The normalized spacial score (nSPS) is 23.3. The molecule has 0 amide bonds. The summed E-state index contributed by atoms with van der Waals surface area (Å²) in [6, 6.07) is -0.301. The summed E-state index contributed by atoms with van der Waals surface area (Å²) in [4.78, 5) is 22.9. The molecule has 28 aromatic carbocycles. The zero-order valence-electron chi connectivity index (χ0n) is 39.8. The SMILES string of the molecule is CCOC(=O)CCC1N(O[Si](C)(C)C)OC23c4c5c6c7c8c9c(c%10c%11c2c2c4c4c%12c5c5c6c6c8c8c%13c9c9c%10c%10c%11c%11c2c2c4c4c%12c%12c5c5c6c8c6c8c%13c9c9c%10c%10c%11c2c2c4c4c%12c5c6c5c8c9c%10c2c45)C713. The third-order valence-electron chi connectivity index (χ3n) is 25.6. The van der Waals surface area contributed by atoms with Gasteiger partial charge in [-0.2, -0.15) is 0 Å². The zero-order chi connectivity index (χ0) is 46.0. The monoisotopic (exact) mass is 953 g/mol. The molecular weight excluding hydrogens is 935 g/mol. The van der Waals surface area contributed by atoms with Crippen LogP contribution in [0.2, 0.25) is 19.6 Å². The molecule has 1 saturated heterocycles. The first-order valence-corrected chi connectivity index (χ1v) is 31.4. The Kier molecular flexibility index (Phi) is 2.86. The minimum atomic E-state index is -2.37. The lowest BCUT2D eigenvalue weighted by molar-refractivity contribution is -0.343. The highest BCUT2D eigenvalue weighted by molar-refractivity contribution is 6.82. The molecule has 5 aliphatic rings. The molecule has 1 unspecified atom stereocenters. The van der Waals surface area contributed by atoms with Gasteiger partial charge in [-0.1, -0.05) is 5.23 Å². The molecule has 1 fully saturated rings. The second-order valence-corrected chi connectivity index (χ2v) is 32.1. The maximum absolute atomic E-state index is 14.2. The van der Waals surface area contributed by atoms with Gasteiger partial charge in [-0.05, 0) is 335 Å². The fourth-order valence-electron chi connectivity index (χ4n) is 25.5. The molecule has 5 nitrogen and oxygen atoms in total. The summed E-state index contributed by atoms with van der Waals surface area (Å²) in [6.07, 6.45) is 0.874. The molecular formula is C69H19NO4Si. The quantitative estimate of drug-likeness (QED) is 0.0944. The average molecular weight is 954 g/mol. The molecule has 75 heavy (non-hydrogen) atoms. The number of carbonyl (C=O) groups excluding carboxylic acids is 1. The van der Waals surface area contributed by atoms with Crippen molar-refractivity contribution >= 4 is 305 Å². The van der Waals surface area contributed by atoms with Crippen molar-refractivity contribution in [3.8, 4) is 0 Å². The van der Waals surface area contributed by atoms with Crippen LogP contribution in [0.3, 0.4) is 0 Å². The van der Waals surface area contributed by atoms with Gasteiger partial charge >= 0.3 is 5.97 Å². The summed E-state index contributed by atoms with van der Waals surface area (Å²) in [7, 11) is -2.37. The van der Waals surface area contributed by atoms with E-state index in [9.17, 15) is 4.79 Å². The molecule has 4 aliphatic carbocycles. The maximum Gasteiger partial charge on any atom is 0.305 e. The highest BCUT2D eigenvalue weighted by Crippen LogP contribution is 2.86. The van der Waals surface area contributed by atoms with Gasteiger partial charge in [0.2, 0.25) is 8.32 Å². The summed E-state index contributed by atoms with van der Waals surface area (Å²) in [6.45, 7) is 9.29. The lowest BCUT2D eigenvalue weighted by Gasteiger charge is -2.49. The third kappa shape index (κ3) is 1.75. The van der Waals surface area contributed by atoms with E-state index in [1.54, 1.807) is 226 Å². The number of rotatable bonds is 6. The van der Waals surface area contributed by atoms with Gasteiger partial charge in [0.05, 0.1) is 18.1 Å². The fraction of sp³-hybridized carbons (Fsp3) is 0.145. The smallest absolute Gasteiger partial charge is 0.305 e. The summed E-state index contributed by atoms with van der Waals surface area (Å²) < 4.78 is 13.6. The van der Waals surface area contributed by atoms with Crippen molar-refractivity contribution in [2.75, 3.05) is 6.61 Å². The van der Waals surface area contributed by atoms with E-state index >= 15 is 0 Å². The molecule has 0 radical (unpaired) electrons. The molecule has 0 N–H and O–H groups in total. The van der Waals surface area contributed by atoms with Crippen LogP contribution in [0.4, 0.5) is 0 Å². The topological polar surface area (TPSA) is 48.0 Å². The van der Waals surface area contributed by atoms with Crippen molar-refractivity contribution in [3.05, 3.63) is 22.3 Å². The highest BCUT2D eigenvalue weighted by atomic mass is 28.4. The van der Waals surface area contributed by atoms with Crippen LogP contribution in [0.1, 0.15) is 42.0 Å². The molecule has 0 saturated carbocycles. The molecule has 328 valence electrons. The maximum atomic E-state index is 14.2. The molecule has 33 rings (SSSR count). The minimum Gasteiger partial charge on any atom is -0.466 e. The van der Waals surface area contributed by atoms with E-state index in [1.165, 1.54) is 86.9 Å². The second kappa shape index (κ2) is 7.05. The third-order valence-corrected chi connectivity index (χ3v) is 26.3. The standard InChI is InChI=1S/C69H19NO4Si/c1-5-72-9(71)7-6-8-68-64-56-48-38-28-20-12-10-11-14-18-16(12)24-32-26(18)36-30-22(14)23-15(11)19-17-13(10)21(20)29-35-25(17)33-27(19)37-31(23)41-40(30)52-46(36)54-44(32)50(42(48)34(24)28)58(64)60(54)66-62(52)63-53(41)47(37)55-45(33)51-43(35)49(39(29)38)57(56)65(68)59(51)61(55)67(63)69(66,68)73-70(8)74-75(2,3)4/h8H,5-7H2,1-4H3. The van der Waals surface area contributed by atoms with Crippen molar-refractivity contribution in [2.45, 2.75) is 56.5 Å². The van der Waals surface area contributed by atoms with Crippen molar-refractivity contribution in [2.24, 2.45) is 0 Å². The Balaban J connectivity index is 1.10. The number of esters is 1. The Hall–Kier alpha value is -7.97. The second-order valence-electron chi connectivity index (χ2n) is 27.7. The molecule has 1 aliphatic heterocycles. The van der Waals surface area contributed by atoms with Crippen LogP contribution in [0.25, 0.3) is 291 Å². The first-order chi connectivity index (χ1) is 36.9. The van der Waals surface area contributed by atoms with Gasteiger partial charge in [0.15, 0.2) is 5.60 Å². The predicted octanol–water partition coefficient (Wildman–Crippen LogP) is 18.0. The van der Waals surface area contributed by atoms with Gasteiger partial charge in [0.1, 0.15) is 0 Å².